The molecule has 1 aliphatic heterocycles. The van der Waals surface area contributed by atoms with E-state index in [1.165, 1.54) is 6.20 Å². The third kappa shape index (κ3) is 4.73. The summed E-state index contributed by atoms with van der Waals surface area (Å²) in [5.74, 6) is -1.54. The zero-order valence-electron chi connectivity index (χ0n) is 18.5. The Morgan fingerprint density at radius 1 is 1.17 bits per heavy atom. The lowest BCUT2D eigenvalue weighted by Gasteiger charge is -2.29. The molecule has 2 aliphatic rings. The normalized spacial score (nSPS) is 24.6. The van der Waals surface area contributed by atoms with Gasteiger partial charge in [0.15, 0.2) is 5.65 Å². The fraction of sp³-hybridized carbons (Fsp3) is 0.455. The van der Waals surface area contributed by atoms with E-state index in [1.54, 1.807) is 0 Å². The number of anilines is 3. The molecule has 0 spiro atoms. The molecule has 5 rings (SSSR count). The van der Waals surface area contributed by atoms with Crippen LogP contribution in [0.5, 0.6) is 0 Å². The van der Waals surface area contributed by atoms with Gasteiger partial charge in [-0.2, -0.15) is 4.98 Å². The molecule has 1 amide bonds. The smallest absolute Gasteiger partial charge is 0.225 e. The van der Waals surface area contributed by atoms with Crippen molar-refractivity contribution in [3.05, 3.63) is 35.0 Å². The second-order valence-corrected chi connectivity index (χ2v) is 9.25. The van der Waals surface area contributed by atoms with E-state index in [1.807, 2.05) is 4.57 Å². The number of aromatic nitrogens is 4. The van der Waals surface area contributed by atoms with Crippen LogP contribution in [0.15, 0.2) is 18.3 Å². The van der Waals surface area contributed by atoms with Crippen molar-refractivity contribution in [3.8, 4) is 0 Å². The van der Waals surface area contributed by atoms with Crippen molar-refractivity contribution in [2.45, 2.75) is 43.9 Å². The lowest BCUT2D eigenvalue weighted by Crippen LogP contribution is -2.32. The molecule has 35 heavy (non-hydrogen) atoms. The van der Waals surface area contributed by atoms with Crippen LogP contribution in [0.3, 0.4) is 0 Å². The summed E-state index contributed by atoms with van der Waals surface area (Å²) >= 11 is 5.69. The van der Waals surface area contributed by atoms with Crippen molar-refractivity contribution in [1.29, 1.82) is 0 Å². The topological polar surface area (TPSA) is 140 Å². The van der Waals surface area contributed by atoms with Crippen LogP contribution in [-0.4, -0.2) is 55.9 Å². The van der Waals surface area contributed by atoms with Crippen LogP contribution >= 0.6 is 11.6 Å². The molecule has 2 fully saturated rings. The van der Waals surface area contributed by atoms with Crippen molar-refractivity contribution in [2.75, 3.05) is 23.8 Å². The summed E-state index contributed by atoms with van der Waals surface area (Å²) in [5.41, 5.74) is 6.26. The average molecular weight is 508 g/mol. The summed E-state index contributed by atoms with van der Waals surface area (Å²) in [6, 6.07) is 1.37. The number of aliphatic hydroxyl groups is 1. The molecular formula is C22H24ClF2N7O3. The van der Waals surface area contributed by atoms with Crippen molar-refractivity contribution in [2.24, 2.45) is 11.7 Å². The maximum absolute atomic E-state index is 14.5. The number of hydrogen-bond acceptors (Lipinski definition) is 8. The number of nitrogens with one attached hydrogen (secondary N) is 2. The Labute approximate surface area is 203 Å². The molecule has 0 radical (unpaired) electrons. The molecule has 13 heteroatoms. The zero-order chi connectivity index (χ0) is 24.7. The first kappa shape index (κ1) is 23.6. The third-order valence-corrected chi connectivity index (χ3v) is 6.81. The number of nitrogens with two attached hydrogens (primary N) is 1. The highest BCUT2D eigenvalue weighted by atomic mass is 35.5. The van der Waals surface area contributed by atoms with E-state index in [0.717, 1.165) is 12.1 Å². The van der Waals surface area contributed by atoms with Gasteiger partial charge in [-0.3, -0.25) is 9.36 Å². The molecule has 1 aliphatic carbocycles. The van der Waals surface area contributed by atoms with Crippen molar-refractivity contribution in [1.82, 2.24) is 19.5 Å². The predicted molar refractivity (Wildman–Crippen MR) is 124 cm³/mol. The maximum atomic E-state index is 14.5. The number of aliphatic hydroxyl groups excluding tert-OH is 1. The van der Waals surface area contributed by atoms with Crippen molar-refractivity contribution >= 4 is 46.3 Å². The van der Waals surface area contributed by atoms with Gasteiger partial charge in [-0.1, -0.05) is 11.6 Å². The molecule has 10 nitrogen and oxygen atoms in total. The number of carbonyl (C=O) groups is 1. The molecule has 5 N–H and O–H groups in total. The van der Waals surface area contributed by atoms with E-state index in [4.69, 9.17) is 22.1 Å². The average Bonchev–Trinajstić information content (AvgIpc) is 3.40. The largest absolute Gasteiger partial charge is 0.388 e. The highest BCUT2D eigenvalue weighted by Gasteiger charge is 2.30. The van der Waals surface area contributed by atoms with Gasteiger partial charge < -0.3 is 26.2 Å². The minimum absolute atomic E-state index is 0.124. The number of rotatable bonds is 6. The number of ether oxygens (including phenoxy) is 1. The Kier molecular flexibility index (Phi) is 6.43. The number of imidazole rings is 1. The Morgan fingerprint density at radius 2 is 1.94 bits per heavy atom. The van der Waals surface area contributed by atoms with Crippen LogP contribution in [0.25, 0.3) is 11.2 Å². The Morgan fingerprint density at radius 3 is 2.63 bits per heavy atom. The molecule has 2 atom stereocenters. The van der Waals surface area contributed by atoms with E-state index in [9.17, 15) is 18.7 Å². The molecule has 2 aromatic heterocycles. The molecule has 1 saturated carbocycles. The molecular weight excluding hydrogens is 484 g/mol. The number of hydrogen-bond donors (Lipinski definition) is 4. The first-order valence-corrected chi connectivity index (χ1v) is 11.7. The summed E-state index contributed by atoms with van der Waals surface area (Å²) in [6.07, 6.45) is 3.24. The summed E-state index contributed by atoms with van der Waals surface area (Å²) in [7, 11) is 0. The van der Waals surface area contributed by atoms with Gasteiger partial charge in [0.25, 0.3) is 0 Å². The van der Waals surface area contributed by atoms with Gasteiger partial charge in [-0.15, -0.1) is 0 Å². The quantitative estimate of drug-likeness (QED) is 0.373. The molecule has 186 valence electrons. The fourth-order valence-electron chi connectivity index (χ4n) is 4.60. The van der Waals surface area contributed by atoms with Crippen LogP contribution in [-0.2, 0) is 9.53 Å². The standard InChI is InChI=1S/C22H24ClF2N7O3/c23-12-5-14(25)15(6-13(12)24)29-22-30-16-7-27-21(28-17-8-35-9-18(17)33)31-20(16)32(22)11-3-1-10(2-4-11)19(26)34/h5-7,10-11,17-18,33H,1-4,8-9H2,(H2,26,34)(H,29,30)(H,27,28,31)/t10-,11+,17-,18-/m1/s1. The van der Waals surface area contributed by atoms with E-state index in [2.05, 4.69) is 25.6 Å². The van der Waals surface area contributed by atoms with E-state index in [-0.39, 0.29) is 53.1 Å². The maximum Gasteiger partial charge on any atom is 0.225 e. The Hall–Kier alpha value is -3.09. The van der Waals surface area contributed by atoms with Crippen molar-refractivity contribution < 1.29 is 23.4 Å². The van der Waals surface area contributed by atoms with Crippen LogP contribution in [0.2, 0.25) is 5.02 Å². The molecule has 3 aromatic rings. The highest BCUT2D eigenvalue weighted by molar-refractivity contribution is 6.30. The first-order valence-electron chi connectivity index (χ1n) is 11.3. The lowest BCUT2D eigenvalue weighted by atomic mass is 9.85. The molecule has 3 heterocycles. The van der Waals surface area contributed by atoms with Crippen LogP contribution in [0.4, 0.5) is 26.4 Å². The summed E-state index contributed by atoms with van der Waals surface area (Å²) in [6.45, 7) is 0.533. The fourth-order valence-corrected chi connectivity index (χ4v) is 4.75. The number of benzene rings is 1. The minimum Gasteiger partial charge on any atom is -0.388 e. The predicted octanol–water partition coefficient (Wildman–Crippen LogP) is 2.89. The summed E-state index contributed by atoms with van der Waals surface area (Å²) < 4.78 is 35.7. The number of primary amides is 1. The molecule has 0 bridgehead atoms. The third-order valence-electron chi connectivity index (χ3n) is 6.52. The van der Waals surface area contributed by atoms with Crippen LogP contribution in [0.1, 0.15) is 31.7 Å². The number of amides is 1. The first-order chi connectivity index (χ1) is 16.8. The van der Waals surface area contributed by atoms with Gasteiger partial charge in [0.2, 0.25) is 17.8 Å². The molecule has 1 saturated heterocycles. The van der Waals surface area contributed by atoms with Gasteiger partial charge in [0.05, 0.1) is 42.3 Å². The second-order valence-electron chi connectivity index (χ2n) is 8.84. The highest BCUT2D eigenvalue weighted by Crippen LogP contribution is 2.37. The van der Waals surface area contributed by atoms with E-state index in [0.29, 0.717) is 43.5 Å². The van der Waals surface area contributed by atoms with Crippen molar-refractivity contribution in [3.63, 3.8) is 0 Å². The number of halogens is 3. The van der Waals surface area contributed by atoms with E-state index >= 15 is 0 Å². The lowest BCUT2D eigenvalue weighted by molar-refractivity contribution is -0.122. The van der Waals surface area contributed by atoms with E-state index < -0.39 is 17.7 Å². The minimum atomic E-state index is -0.774. The van der Waals surface area contributed by atoms with Gasteiger partial charge in [0, 0.05) is 18.0 Å². The van der Waals surface area contributed by atoms with Gasteiger partial charge >= 0.3 is 0 Å². The van der Waals surface area contributed by atoms with Crippen LogP contribution < -0.4 is 16.4 Å². The Bertz CT molecular complexity index is 1270. The van der Waals surface area contributed by atoms with Gasteiger partial charge in [-0.25, -0.2) is 18.7 Å². The van der Waals surface area contributed by atoms with Crippen LogP contribution in [0, 0.1) is 17.6 Å². The molecule has 1 aromatic carbocycles. The zero-order valence-corrected chi connectivity index (χ0v) is 19.3. The number of nitrogens with zero attached hydrogens (tertiary/aromatic N) is 4. The van der Waals surface area contributed by atoms with Gasteiger partial charge in [-0.05, 0) is 31.7 Å². The second kappa shape index (κ2) is 9.51. The SMILES string of the molecule is NC(=O)[C@H]1CC[C@@H](n2c(Nc3cc(F)c(Cl)cc3F)nc3cnc(N[C@@H]4COC[C@H]4O)nc32)CC1. The number of carbonyl (C=O) groups excluding carboxylic acids is 1. The number of fused-ring (bicyclic) bond motifs is 1. The monoisotopic (exact) mass is 507 g/mol. The van der Waals surface area contributed by atoms with Gasteiger partial charge in [0.1, 0.15) is 17.2 Å². The molecule has 0 unspecified atom stereocenters. The Balaban J connectivity index is 1.53. The summed E-state index contributed by atoms with van der Waals surface area (Å²) in [5, 5.41) is 15.7. The summed E-state index contributed by atoms with van der Waals surface area (Å²) in [4.78, 5) is 25.1.